The Morgan fingerprint density at radius 2 is 1.83 bits per heavy atom. The predicted molar refractivity (Wildman–Crippen MR) is 92.1 cm³/mol. The molecule has 1 fully saturated rings. The van der Waals surface area contributed by atoms with Gasteiger partial charge < -0.3 is 15.0 Å². The number of nitrogens with one attached hydrogen (secondary N) is 1. The molecule has 0 saturated carbocycles. The molecule has 1 aliphatic rings. The monoisotopic (exact) mass is 326 g/mol. The van der Waals surface area contributed by atoms with Gasteiger partial charge in [-0.1, -0.05) is 20.8 Å². The van der Waals surface area contributed by atoms with E-state index in [1.807, 2.05) is 25.7 Å². The van der Waals surface area contributed by atoms with Gasteiger partial charge in [0, 0.05) is 25.6 Å². The quantitative estimate of drug-likeness (QED) is 0.845. The van der Waals surface area contributed by atoms with Gasteiger partial charge in [-0.2, -0.15) is 0 Å². The average molecular weight is 326 g/mol. The van der Waals surface area contributed by atoms with Gasteiger partial charge in [0.25, 0.3) is 0 Å². The molecule has 1 rings (SSSR count). The second-order valence-electron chi connectivity index (χ2n) is 8.71. The number of ether oxygens (including phenoxy) is 1. The van der Waals surface area contributed by atoms with Crippen molar-refractivity contribution in [1.29, 1.82) is 0 Å². The van der Waals surface area contributed by atoms with Gasteiger partial charge in [-0.05, 0) is 45.4 Å². The van der Waals surface area contributed by atoms with Crippen LogP contribution in [0.5, 0.6) is 0 Å². The van der Waals surface area contributed by atoms with Crippen LogP contribution in [0.25, 0.3) is 0 Å². The molecule has 0 spiro atoms. The lowest BCUT2D eigenvalue weighted by Crippen LogP contribution is -2.50. The molecule has 1 heterocycles. The van der Waals surface area contributed by atoms with Crippen LogP contribution in [-0.4, -0.2) is 48.1 Å². The van der Waals surface area contributed by atoms with Crippen LogP contribution in [-0.2, 0) is 14.3 Å². The van der Waals surface area contributed by atoms with E-state index < -0.39 is 0 Å². The van der Waals surface area contributed by atoms with Crippen LogP contribution in [0, 0.1) is 5.41 Å². The van der Waals surface area contributed by atoms with Gasteiger partial charge in [-0.25, -0.2) is 0 Å². The van der Waals surface area contributed by atoms with Crippen LogP contribution in [0.1, 0.15) is 67.2 Å². The minimum atomic E-state index is -0.321. The molecule has 0 radical (unpaired) electrons. The Morgan fingerprint density at radius 3 is 2.39 bits per heavy atom. The van der Waals surface area contributed by atoms with E-state index in [2.05, 4.69) is 26.1 Å². The minimum absolute atomic E-state index is 0.0402. The van der Waals surface area contributed by atoms with Crippen LogP contribution >= 0.6 is 0 Å². The highest BCUT2D eigenvalue weighted by atomic mass is 16.5. The van der Waals surface area contributed by atoms with E-state index in [1.165, 1.54) is 0 Å². The fourth-order valence-electron chi connectivity index (χ4n) is 2.51. The lowest BCUT2D eigenvalue weighted by Gasteiger charge is -2.34. The van der Waals surface area contributed by atoms with Crippen LogP contribution in [0.3, 0.4) is 0 Å². The van der Waals surface area contributed by atoms with E-state index in [-0.39, 0.29) is 35.5 Å². The van der Waals surface area contributed by atoms with Crippen molar-refractivity contribution >= 4 is 11.8 Å². The topological polar surface area (TPSA) is 58.6 Å². The third-order valence-electron chi connectivity index (χ3n) is 3.86. The molecule has 0 aliphatic carbocycles. The highest BCUT2D eigenvalue weighted by Crippen LogP contribution is 2.22. The standard InChI is InChI=1S/C18H34N2O3/c1-17(2,3)10-9-16(22)20-11-7-8-14(12-20)19-15(21)13-23-18(4,5)6/h14H,7-13H2,1-6H3,(H,19,21). The first kappa shape index (κ1) is 19.9. The Labute approximate surface area is 141 Å². The summed E-state index contributed by atoms with van der Waals surface area (Å²) in [5.41, 5.74) is -0.151. The van der Waals surface area contributed by atoms with Crippen molar-refractivity contribution in [2.24, 2.45) is 5.41 Å². The molecule has 1 atom stereocenters. The number of hydrogen-bond acceptors (Lipinski definition) is 3. The summed E-state index contributed by atoms with van der Waals surface area (Å²) in [7, 11) is 0. The third-order valence-corrected chi connectivity index (χ3v) is 3.86. The van der Waals surface area contributed by atoms with Gasteiger partial charge in [0.15, 0.2) is 0 Å². The van der Waals surface area contributed by atoms with Gasteiger partial charge in [-0.15, -0.1) is 0 Å². The molecule has 5 heteroatoms. The Bertz CT molecular complexity index is 407. The summed E-state index contributed by atoms with van der Waals surface area (Å²) in [6.45, 7) is 13.7. The maximum atomic E-state index is 12.3. The molecule has 1 N–H and O–H groups in total. The first-order valence-corrected chi connectivity index (χ1v) is 8.67. The summed E-state index contributed by atoms with van der Waals surface area (Å²) in [5, 5.41) is 2.99. The van der Waals surface area contributed by atoms with E-state index in [4.69, 9.17) is 4.74 Å². The molecule has 134 valence electrons. The zero-order chi connectivity index (χ0) is 17.7. The number of rotatable bonds is 5. The summed E-state index contributed by atoms with van der Waals surface area (Å²) in [5.74, 6) is 0.0960. The number of amides is 2. The first-order chi connectivity index (χ1) is 10.5. The summed E-state index contributed by atoms with van der Waals surface area (Å²) < 4.78 is 5.49. The lowest BCUT2D eigenvalue weighted by atomic mass is 9.90. The number of piperidine rings is 1. The summed E-state index contributed by atoms with van der Waals surface area (Å²) in [4.78, 5) is 26.2. The van der Waals surface area contributed by atoms with Crippen molar-refractivity contribution in [2.75, 3.05) is 19.7 Å². The molecule has 1 aliphatic heterocycles. The fraction of sp³-hybridized carbons (Fsp3) is 0.889. The van der Waals surface area contributed by atoms with Gasteiger partial charge in [0.05, 0.1) is 5.60 Å². The summed E-state index contributed by atoms with van der Waals surface area (Å²) >= 11 is 0. The van der Waals surface area contributed by atoms with Crippen LogP contribution in [0.4, 0.5) is 0 Å². The highest BCUT2D eigenvalue weighted by Gasteiger charge is 2.26. The van der Waals surface area contributed by atoms with E-state index >= 15 is 0 Å². The first-order valence-electron chi connectivity index (χ1n) is 8.67. The van der Waals surface area contributed by atoms with Crippen molar-refractivity contribution in [2.45, 2.75) is 78.9 Å². The summed E-state index contributed by atoms with van der Waals surface area (Å²) in [6.07, 6.45) is 3.33. The molecule has 0 aromatic carbocycles. The Hall–Kier alpha value is -1.10. The highest BCUT2D eigenvalue weighted by molar-refractivity contribution is 5.78. The van der Waals surface area contributed by atoms with Crippen molar-refractivity contribution in [3.63, 3.8) is 0 Å². The maximum Gasteiger partial charge on any atom is 0.246 e. The number of hydrogen-bond donors (Lipinski definition) is 1. The molecule has 2 amide bonds. The Morgan fingerprint density at radius 1 is 1.17 bits per heavy atom. The molecule has 0 aromatic rings. The van der Waals surface area contributed by atoms with Crippen molar-refractivity contribution in [3.05, 3.63) is 0 Å². The molecule has 0 bridgehead atoms. The van der Waals surface area contributed by atoms with E-state index in [0.29, 0.717) is 13.0 Å². The fourth-order valence-corrected chi connectivity index (χ4v) is 2.51. The van der Waals surface area contributed by atoms with E-state index in [0.717, 1.165) is 25.8 Å². The van der Waals surface area contributed by atoms with Crippen molar-refractivity contribution in [3.8, 4) is 0 Å². The van der Waals surface area contributed by atoms with Crippen LogP contribution in [0.2, 0.25) is 0 Å². The SMILES string of the molecule is CC(C)(C)CCC(=O)N1CCCC(NC(=O)COC(C)(C)C)C1. The molecule has 1 saturated heterocycles. The lowest BCUT2D eigenvalue weighted by molar-refractivity contribution is -0.136. The molecular weight excluding hydrogens is 292 g/mol. The second-order valence-corrected chi connectivity index (χ2v) is 8.71. The van der Waals surface area contributed by atoms with Gasteiger partial charge >= 0.3 is 0 Å². The molecule has 1 unspecified atom stereocenters. The number of nitrogens with zero attached hydrogens (tertiary/aromatic N) is 1. The van der Waals surface area contributed by atoms with Crippen LogP contribution in [0.15, 0.2) is 0 Å². The minimum Gasteiger partial charge on any atom is -0.366 e. The van der Waals surface area contributed by atoms with Gasteiger partial charge in [-0.3, -0.25) is 9.59 Å². The zero-order valence-electron chi connectivity index (χ0n) is 15.7. The average Bonchev–Trinajstić information content (AvgIpc) is 2.41. The predicted octanol–water partition coefficient (Wildman–Crippen LogP) is 2.74. The number of carbonyl (C=O) groups is 2. The number of likely N-dealkylation sites (tertiary alicyclic amines) is 1. The van der Waals surface area contributed by atoms with Crippen molar-refractivity contribution in [1.82, 2.24) is 10.2 Å². The van der Waals surface area contributed by atoms with Crippen LogP contribution < -0.4 is 5.32 Å². The normalized spacial score (nSPS) is 19.6. The van der Waals surface area contributed by atoms with E-state index in [9.17, 15) is 9.59 Å². The molecule has 23 heavy (non-hydrogen) atoms. The van der Waals surface area contributed by atoms with E-state index in [1.54, 1.807) is 0 Å². The Kier molecular flexibility index (Phi) is 7.05. The van der Waals surface area contributed by atoms with Gasteiger partial charge in [0.1, 0.15) is 6.61 Å². The molecule has 0 aromatic heterocycles. The third kappa shape index (κ3) is 8.94. The second kappa shape index (κ2) is 8.13. The Balaban J connectivity index is 2.39. The smallest absolute Gasteiger partial charge is 0.246 e. The molecular formula is C18H34N2O3. The molecule has 5 nitrogen and oxygen atoms in total. The number of carbonyl (C=O) groups excluding carboxylic acids is 2. The maximum absolute atomic E-state index is 12.3. The van der Waals surface area contributed by atoms with Crippen molar-refractivity contribution < 1.29 is 14.3 Å². The summed E-state index contributed by atoms with van der Waals surface area (Å²) in [6, 6.07) is 0.0402. The largest absolute Gasteiger partial charge is 0.366 e. The van der Waals surface area contributed by atoms with Gasteiger partial charge in [0.2, 0.25) is 11.8 Å². The zero-order valence-corrected chi connectivity index (χ0v) is 15.7.